The van der Waals surface area contributed by atoms with Crippen molar-refractivity contribution in [3.05, 3.63) is 70.7 Å². The zero-order valence-corrected chi connectivity index (χ0v) is 20.6. The van der Waals surface area contributed by atoms with Crippen LogP contribution in [-0.4, -0.2) is 39.9 Å². The largest absolute Gasteiger partial charge is 0.497 e. The van der Waals surface area contributed by atoms with Crippen molar-refractivity contribution in [2.75, 3.05) is 20.5 Å². The molecule has 2 aromatic carbocycles. The molecule has 4 aromatic rings. The fraction of sp³-hybridized carbons (Fsp3) is 0.125. The zero-order valence-electron chi connectivity index (χ0n) is 18.3. The summed E-state index contributed by atoms with van der Waals surface area (Å²) in [5, 5.41) is 8.52. The number of benzene rings is 2. The van der Waals surface area contributed by atoms with E-state index in [0.717, 1.165) is 0 Å². The van der Waals surface area contributed by atoms with Crippen LogP contribution in [-0.2, 0) is 10.8 Å². The summed E-state index contributed by atoms with van der Waals surface area (Å²) in [6.07, 6.45) is 2.98. The Morgan fingerprint density at radius 3 is 2.18 bits per heavy atom. The molecular formula is C24H18Cl2FN3O3S. The number of halogens is 3. The molecule has 0 spiro atoms. The molecule has 0 amide bonds. The molecule has 0 bridgehead atoms. The molecule has 0 aliphatic heterocycles. The van der Waals surface area contributed by atoms with Gasteiger partial charge in [-0.3, -0.25) is 9.19 Å². The number of methoxy groups -OCH3 is 2. The maximum atomic E-state index is 14.9. The molecule has 0 N–H and O–H groups in total. The Bertz CT molecular complexity index is 1400. The second-order valence-electron chi connectivity index (χ2n) is 7.13. The van der Waals surface area contributed by atoms with Gasteiger partial charge in [-0.25, -0.2) is 4.39 Å². The van der Waals surface area contributed by atoms with Crippen molar-refractivity contribution in [2.24, 2.45) is 0 Å². The van der Waals surface area contributed by atoms with Crippen molar-refractivity contribution < 1.29 is 18.1 Å². The number of pyridine rings is 1. The first-order chi connectivity index (χ1) is 16.3. The van der Waals surface area contributed by atoms with Crippen molar-refractivity contribution in [1.29, 1.82) is 0 Å². The van der Waals surface area contributed by atoms with E-state index in [4.69, 9.17) is 32.7 Å². The first kappa shape index (κ1) is 24.1. The van der Waals surface area contributed by atoms with E-state index in [9.17, 15) is 8.60 Å². The number of hydrogen-bond acceptors (Lipinski definition) is 6. The van der Waals surface area contributed by atoms with E-state index in [1.807, 2.05) is 0 Å². The van der Waals surface area contributed by atoms with Crippen LogP contribution in [0.25, 0.3) is 33.6 Å². The van der Waals surface area contributed by atoms with Crippen molar-refractivity contribution in [1.82, 2.24) is 15.2 Å². The highest BCUT2D eigenvalue weighted by molar-refractivity contribution is 7.84. The van der Waals surface area contributed by atoms with Crippen LogP contribution in [0, 0.1) is 5.82 Å². The van der Waals surface area contributed by atoms with Crippen LogP contribution in [0.1, 0.15) is 0 Å². The molecule has 4 rings (SSSR count). The van der Waals surface area contributed by atoms with Crippen molar-refractivity contribution in [3.63, 3.8) is 0 Å². The molecule has 0 saturated heterocycles. The Morgan fingerprint density at radius 2 is 1.59 bits per heavy atom. The second kappa shape index (κ2) is 10.0. The summed E-state index contributed by atoms with van der Waals surface area (Å²) in [4.78, 5) is 4.88. The summed E-state index contributed by atoms with van der Waals surface area (Å²) < 4.78 is 37.7. The van der Waals surface area contributed by atoms with Gasteiger partial charge in [0.25, 0.3) is 0 Å². The van der Waals surface area contributed by atoms with Crippen LogP contribution >= 0.6 is 23.2 Å². The summed E-state index contributed by atoms with van der Waals surface area (Å²) in [5.74, 6) is 0.518. The standard InChI is InChI=1S/C24H18Cl2FN3O3S/c1-32-14-8-13(9-15(10-14)33-2)20-21(23-18(25)11-16(12-28-23)34(3)31)24(26)30-29-22(20)17-6-4-5-7-19(17)27/h4-12H,1-3H3. The van der Waals surface area contributed by atoms with Gasteiger partial charge in [-0.1, -0.05) is 35.3 Å². The highest BCUT2D eigenvalue weighted by atomic mass is 35.5. The van der Waals surface area contributed by atoms with Crippen molar-refractivity contribution in [2.45, 2.75) is 4.90 Å². The Kier molecular flexibility index (Phi) is 7.11. The lowest BCUT2D eigenvalue weighted by molar-refractivity contribution is 0.394. The lowest BCUT2D eigenvalue weighted by atomic mass is 9.93. The molecule has 1 unspecified atom stereocenters. The first-order valence-electron chi connectivity index (χ1n) is 9.88. The molecule has 0 aliphatic carbocycles. The van der Waals surface area contributed by atoms with E-state index in [1.165, 1.54) is 32.7 Å². The Labute approximate surface area is 208 Å². The molecule has 0 saturated carbocycles. The third-order valence-electron chi connectivity index (χ3n) is 5.08. The Hall–Kier alpha value is -3.07. The predicted molar refractivity (Wildman–Crippen MR) is 132 cm³/mol. The van der Waals surface area contributed by atoms with Gasteiger partial charge in [0.15, 0.2) is 5.15 Å². The van der Waals surface area contributed by atoms with Gasteiger partial charge in [0, 0.05) is 29.6 Å². The van der Waals surface area contributed by atoms with Crippen LogP contribution in [0.4, 0.5) is 4.39 Å². The summed E-state index contributed by atoms with van der Waals surface area (Å²) in [7, 11) is 1.76. The highest BCUT2D eigenvalue weighted by Crippen LogP contribution is 2.45. The quantitative estimate of drug-likeness (QED) is 0.308. The van der Waals surface area contributed by atoms with Crippen LogP contribution < -0.4 is 9.47 Å². The minimum atomic E-state index is -1.29. The average Bonchev–Trinajstić information content (AvgIpc) is 2.84. The Morgan fingerprint density at radius 1 is 0.912 bits per heavy atom. The summed E-state index contributed by atoms with van der Waals surface area (Å²) in [6.45, 7) is 0. The van der Waals surface area contributed by atoms with E-state index in [2.05, 4.69) is 15.2 Å². The SMILES string of the molecule is COc1cc(OC)cc(-c2c(-c3ccccc3F)nnc(Cl)c2-c2ncc(S(C)=O)cc2Cl)c1. The maximum Gasteiger partial charge on any atom is 0.161 e. The van der Waals surface area contributed by atoms with Gasteiger partial charge in [0.2, 0.25) is 0 Å². The first-order valence-corrected chi connectivity index (χ1v) is 12.2. The fourth-order valence-corrected chi connectivity index (χ4v) is 4.50. The van der Waals surface area contributed by atoms with Crippen molar-refractivity contribution >= 4 is 34.0 Å². The predicted octanol–water partition coefficient (Wildman–Crippen LogP) is 6.07. The molecular weight excluding hydrogens is 500 g/mol. The van der Waals surface area contributed by atoms with E-state index in [0.29, 0.717) is 33.1 Å². The van der Waals surface area contributed by atoms with Gasteiger partial charge in [-0.2, -0.15) is 0 Å². The smallest absolute Gasteiger partial charge is 0.161 e. The van der Waals surface area contributed by atoms with Gasteiger partial charge in [0.05, 0.1) is 46.2 Å². The van der Waals surface area contributed by atoms with Gasteiger partial charge in [0.1, 0.15) is 23.0 Å². The molecule has 0 radical (unpaired) electrons. The number of nitrogens with zero attached hydrogens (tertiary/aromatic N) is 3. The summed E-state index contributed by atoms with van der Waals surface area (Å²) >= 11 is 13.1. The van der Waals surface area contributed by atoms with E-state index in [1.54, 1.807) is 42.5 Å². The molecule has 0 aliphatic rings. The number of aromatic nitrogens is 3. The summed E-state index contributed by atoms with van der Waals surface area (Å²) in [6, 6.07) is 12.9. The van der Waals surface area contributed by atoms with Crippen LogP contribution in [0.15, 0.2) is 59.6 Å². The monoisotopic (exact) mass is 517 g/mol. The van der Waals surface area contributed by atoms with E-state index >= 15 is 0 Å². The maximum absolute atomic E-state index is 14.9. The van der Waals surface area contributed by atoms with E-state index in [-0.39, 0.29) is 27.1 Å². The zero-order chi connectivity index (χ0) is 24.4. The van der Waals surface area contributed by atoms with Gasteiger partial charge in [-0.05, 0) is 35.9 Å². The number of hydrogen-bond donors (Lipinski definition) is 0. The fourth-order valence-electron chi connectivity index (χ4n) is 3.47. The molecule has 2 heterocycles. The topological polar surface area (TPSA) is 74.2 Å². The summed E-state index contributed by atoms with van der Waals surface area (Å²) in [5.41, 5.74) is 2.07. The van der Waals surface area contributed by atoms with Gasteiger partial charge >= 0.3 is 0 Å². The van der Waals surface area contributed by atoms with Crippen LogP contribution in [0.5, 0.6) is 11.5 Å². The van der Waals surface area contributed by atoms with E-state index < -0.39 is 16.6 Å². The minimum Gasteiger partial charge on any atom is -0.497 e. The molecule has 174 valence electrons. The normalized spacial score (nSPS) is 11.8. The molecule has 1 atom stereocenters. The minimum absolute atomic E-state index is 0.0108. The van der Waals surface area contributed by atoms with Crippen molar-refractivity contribution in [3.8, 4) is 45.1 Å². The molecule has 2 aromatic heterocycles. The van der Waals surface area contributed by atoms with Gasteiger partial charge < -0.3 is 9.47 Å². The molecule has 34 heavy (non-hydrogen) atoms. The van der Waals surface area contributed by atoms with Crippen LogP contribution in [0.3, 0.4) is 0 Å². The molecule has 6 nitrogen and oxygen atoms in total. The van der Waals surface area contributed by atoms with Crippen LogP contribution in [0.2, 0.25) is 10.2 Å². The number of rotatable bonds is 6. The lowest BCUT2D eigenvalue weighted by Gasteiger charge is -2.17. The second-order valence-corrected chi connectivity index (χ2v) is 9.27. The highest BCUT2D eigenvalue weighted by Gasteiger charge is 2.25. The lowest BCUT2D eigenvalue weighted by Crippen LogP contribution is -2.02. The third-order valence-corrected chi connectivity index (χ3v) is 6.52. The Balaban J connectivity index is 2.12. The number of ether oxygens (including phenoxy) is 2. The molecule has 0 fully saturated rings. The van der Waals surface area contributed by atoms with Gasteiger partial charge in [-0.15, -0.1) is 10.2 Å². The third kappa shape index (κ3) is 4.61. The molecule has 10 heteroatoms. The average molecular weight is 518 g/mol.